The van der Waals surface area contributed by atoms with Crippen molar-refractivity contribution in [1.82, 2.24) is 4.90 Å². The van der Waals surface area contributed by atoms with E-state index in [-0.39, 0.29) is 6.10 Å². The summed E-state index contributed by atoms with van der Waals surface area (Å²) in [5.74, 6) is 0.435. The van der Waals surface area contributed by atoms with Crippen LogP contribution in [-0.4, -0.2) is 49.0 Å². The molecule has 2 aliphatic rings. The topological polar surface area (TPSA) is 32.7 Å². The summed E-state index contributed by atoms with van der Waals surface area (Å²) in [7, 11) is 2.17. The molecule has 3 atom stereocenters. The second-order valence-electron chi connectivity index (χ2n) is 6.69. The van der Waals surface area contributed by atoms with E-state index in [4.69, 9.17) is 4.74 Å². The summed E-state index contributed by atoms with van der Waals surface area (Å²) < 4.78 is 5.43. The van der Waals surface area contributed by atoms with Gasteiger partial charge in [-0.05, 0) is 44.1 Å². The van der Waals surface area contributed by atoms with Gasteiger partial charge in [-0.1, -0.05) is 13.8 Å². The van der Waals surface area contributed by atoms with E-state index in [2.05, 4.69) is 25.8 Å². The van der Waals surface area contributed by atoms with E-state index in [1.165, 1.54) is 0 Å². The van der Waals surface area contributed by atoms with Crippen LogP contribution in [0.2, 0.25) is 0 Å². The van der Waals surface area contributed by atoms with Crippen LogP contribution in [0, 0.1) is 11.3 Å². The Morgan fingerprint density at radius 3 is 2.76 bits per heavy atom. The molecule has 100 valence electrons. The highest BCUT2D eigenvalue weighted by atomic mass is 16.5. The summed E-state index contributed by atoms with van der Waals surface area (Å²) >= 11 is 0. The molecule has 0 aromatic rings. The lowest BCUT2D eigenvalue weighted by Crippen LogP contribution is -2.43. The van der Waals surface area contributed by atoms with E-state index in [0.29, 0.717) is 17.4 Å². The highest BCUT2D eigenvalue weighted by Crippen LogP contribution is 2.39. The molecule has 0 amide bonds. The Labute approximate surface area is 105 Å². The van der Waals surface area contributed by atoms with Gasteiger partial charge in [0.15, 0.2) is 0 Å². The van der Waals surface area contributed by atoms with Gasteiger partial charge in [0.1, 0.15) is 0 Å². The Morgan fingerprint density at radius 2 is 2.12 bits per heavy atom. The number of ether oxygens (including phenoxy) is 1. The zero-order valence-corrected chi connectivity index (χ0v) is 11.5. The van der Waals surface area contributed by atoms with Crippen LogP contribution in [0.1, 0.15) is 39.5 Å². The number of aliphatic hydroxyl groups is 1. The van der Waals surface area contributed by atoms with E-state index in [1.54, 1.807) is 0 Å². The predicted octanol–water partition coefficient (Wildman–Crippen LogP) is 1.89. The second kappa shape index (κ2) is 5.25. The van der Waals surface area contributed by atoms with Crippen LogP contribution in [0.4, 0.5) is 0 Å². The number of rotatable bonds is 3. The average Bonchev–Trinajstić information content (AvgIpc) is 2.76. The fourth-order valence-electron chi connectivity index (χ4n) is 3.30. The van der Waals surface area contributed by atoms with Crippen LogP contribution in [0.3, 0.4) is 0 Å². The van der Waals surface area contributed by atoms with E-state index in [9.17, 15) is 5.11 Å². The molecule has 0 radical (unpaired) electrons. The average molecular weight is 241 g/mol. The van der Waals surface area contributed by atoms with Gasteiger partial charge >= 0.3 is 0 Å². The Hall–Kier alpha value is -0.120. The van der Waals surface area contributed by atoms with Crippen LogP contribution in [-0.2, 0) is 4.74 Å². The van der Waals surface area contributed by atoms with Gasteiger partial charge in [0.25, 0.3) is 0 Å². The molecule has 17 heavy (non-hydrogen) atoms. The van der Waals surface area contributed by atoms with Gasteiger partial charge < -0.3 is 14.7 Å². The Balaban J connectivity index is 1.87. The second-order valence-corrected chi connectivity index (χ2v) is 6.69. The fraction of sp³-hybridized carbons (Fsp3) is 1.00. The number of nitrogens with zero attached hydrogens (tertiary/aromatic N) is 1. The minimum Gasteiger partial charge on any atom is -0.393 e. The van der Waals surface area contributed by atoms with Gasteiger partial charge in [0.2, 0.25) is 0 Å². The molecule has 1 heterocycles. The fourth-order valence-corrected chi connectivity index (χ4v) is 3.30. The van der Waals surface area contributed by atoms with E-state index in [0.717, 1.165) is 45.4 Å². The third-order valence-corrected chi connectivity index (χ3v) is 4.53. The van der Waals surface area contributed by atoms with Gasteiger partial charge in [0, 0.05) is 19.2 Å². The minimum absolute atomic E-state index is 0.104. The maximum absolute atomic E-state index is 10.1. The van der Waals surface area contributed by atoms with Crippen LogP contribution in [0.25, 0.3) is 0 Å². The highest BCUT2D eigenvalue weighted by molar-refractivity contribution is 4.87. The van der Waals surface area contributed by atoms with Crippen molar-refractivity contribution in [3.63, 3.8) is 0 Å². The van der Waals surface area contributed by atoms with Crippen molar-refractivity contribution in [2.24, 2.45) is 11.3 Å². The monoisotopic (exact) mass is 241 g/mol. The van der Waals surface area contributed by atoms with Crippen molar-refractivity contribution in [2.75, 3.05) is 26.8 Å². The molecule has 0 spiro atoms. The first-order chi connectivity index (χ1) is 7.98. The molecule has 2 fully saturated rings. The molecule has 1 N–H and O–H groups in total. The molecule has 1 aliphatic heterocycles. The zero-order valence-electron chi connectivity index (χ0n) is 11.5. The maximum Gasteiger partial charge on any atom is 0.0622 e. The number of aliphatic hydroxyl groups excluding tert-OH is 1. The normalized spacial score (nSPS) is 37.6. The summed E-state index contributed by atoms with van der Waals surface area (Å²) in [6.45, 7) is 7.42. The Bertz CT molecular complexity index is 249. The standard InChI is InChI=1S/C14H27NO2/c1-14(2)6-4-13(16)11(8-14)9-15(3)12-5-7-17-10-12/h11-13,16H,4-10H2,1-3H3. The van der Waals surface area contributed by atoms with Gasteiger partial charge in [-0.3, -0.25) is 0 Å². The minimum atomic E-state index is -0.104. The first-order valence-electron chi connectivity index (χ1n) is 6.94. The van der Waals surface area contributed by atoms with Gasteiger partial charge in [0.05, 0.1) is 12.7 Å². The summed E-state index contributed by atoms with van der Waals surface area (Å²) in [6, 6.07) is 0.562. The van der Waals surface area contributed by atoms with Crippen LogP contribution in [0.5, 0.6) is 0 Å². The zero-order chi connectivity index (χ0) is 12.5. The molecule has 1 saturated heterocycles. The smallest absolute Gasteiger partial charge is 0.0622 e. The molecule has 3 nitrogen and oxygen atoms in total. The SMILES string of the molecule is CN(CC1CC(C)(C)CCC1O)C1CCOC1. The van der Waals surface area contributed by atoms with Gasteiger partial charge in [-0.2, -0.15) is 0 Å². The van der Waals surface area contributed by atoms with Crippen molar-refractivity contribution in [2.45, 2.75) is 51.7 Å². The van der Waals surface area contributed by atoms with E-state index in [1.807, 2.05) is 0 Å². The Morgan fingerprint density at radius 1 is 1.35 bits per heavy atom. The van der Waals surface area contributed by atoms with Crippen molar-refractivity contribution >= 4 is 0 Å². The molecule has 2 rings (SSSR count). The number of likely N-dealkylation sites (N-methyl/N-ethyl adjacent to an activating group) is 1. The molecule has 3 unspecified atom stereocenters. The summed E-state index contributed by atoms with van der Waals surface area (Å²) in [5, 5.41) is 10.1. The first-order valence-corrected chi connectivity index (χ1v) is 6.94. The predicted molar refractivity (Wildman–Crippen MR) is 69.0 cm³/mol. The van der Waals surface area contributed by atoms with Crippen molar-refractivity contribution in [1.29, 1.82) is 0 Å². The summed E-state index contributed by atoms with van der Waals surface area (Å²) in [4.78, 5) is 2.39. The molecule has 3 heteroatoms. The molecule has 0 bridgehead atoms. The molecule has 0 aromatic heterocycles. The van der Waals surface area contributed by atoms with Crippen molar-refractivity contribution in [3.8, 4) is 0 Å². The lowest BCUT2D eigenvalue weighted by atomic mass is 9.70. The van der Waals surface area contributed by atoms with Crippen molar-refractivity contribution < 1.29 is 9.84 Å². The molecular formula is C14H27NO2. The lowest BCUT2D eigenvalue weighted by molar-refractivity contribution is 0.00145. The third kappa shape index (κ3) is 3.43. The summed E-state index contributed by atoms with van der Waals surface area (Å²) in [6.07, 6.45) is 4.30. The highest BCUT2D eigenvalue weighted by Gasteiger charge is 2.35. The third-order valence-electron chi connectivity index (χ3n) is 4.53. The van der Waals surface area contributed by atoms with Crippen LogP contribution in [0.15, 0.2) is 0 Å². The van der Waals surface area contributed by atoms with Crippen LogP contribution < -0.4 is 0 Å². The van der Waals surface area contributed by atoms with Gasteiger partial charge in [-0.25, -0.2) is 0 Å². The molecule has 1 saturated carbocycles. The first kappa shape index (κ1) is 13.3. The number of hydrogen-bond acceptors (Lipinski definition) is 3. The van der Waals surface area contributed by atoms with E-state index >= 15 is 0 Å². The molecular weight excluding hydrogens is 214 g/mol. The van der Waals surface area contributed by atoms with E-state index < -0.39 is 0 Å². The molecule has 0 aromatic carbocycles. The Kier molecular flexibility index (Phi) is 4.11. The number of hydrogen-bond donors (Lipinski definition) is 1. The quantitative estimate of drug-likeness (QED) is 0.819. The lowest BCUT2D eigenvalue weighted by Gasteiger charge is -2.40. The summed E-state index contributed by atoms with van der Waals surface area (Å²) in [5.41, 5.74) is 0.400. The largest absolute Gasteiger partial charge is 0.393 e. The maximum atomic E-state index is 10.1. The molecule has 1 aliphatic carbocycles. The van der Waals surface area contributed by atoms with Gasteiger partial charge in [-0.15, -0.1) is 0 Å². The van der Waals surface area contributed by atoms with Crippen molar-refractivity contribution in [3.05, 3.63) is 0 Å². The van der Waals surface area contributed by atoms with Crippen LogP contribution >= 0.6 is 0 Å².